The Kier molecular flexibility index (Phi) is 5.52. The molecule has 0 aliphatic carbocycles. The Balaban J connectivity index is 2.93. The number of aromatic nitrogens is 1. The maximum absolute atomic E-state index is 12.0. The number of rotatable bonds is 7. The smallest absolute Gasteiger partial charge is 0.242 e. The van der Waals surface area contributed by atoms with Crippen molar-refractivity contribution in [2.45, 2.75) is 31.2 Å². The second-order valence-electron chi connectivity index (χ2n) is 3.85. The number of nitrogens with one attached hydrogen (secondary N) is 2. The lowest BCUT2D eigenvalue weighted by Crippen LogP contribution is -2.36. The Labute approximate surface area is 107 Å². The van der Waals surface area contributed by atoms with E-state index in [4.69, 9.17) is 5.11 Å². The zero-order valence-electron chi connectivity index (χ0n) is 10.5. The molecule has 1 rings (SSSR count). The Bertz CT molecular complexity index is 472. The molecule has 0 bridgehead atoms. The summed E-state index contributed by atoms with van der Waals surface area (Å²) in [6.45, 7) is 4.18. The summed E-state index contributed by atoms with van der Waals surface area (Å²) in [6, 6.07) is 1.04. The molecule has 0 spiro atoms. The van der Waals surface area contributed by atoms with Gasteiger partial charge < -0.3 is 10.4 Å². The lowest BCUT2D eigenvalue weighted by Gasteiger charge is -2.14. The van der Waals surface area contributed by atoms with Gasteiger partial charge in [-0.1, -0.05) is 6.92 Å². The van der Waals surface area contributed by atoms with Gasteiger partial charge in [0.1, 0.15) is 4.90 Å². The molecule has 1 aromatic rings. The van der Waals surface area contributed by atoms with Gasteiger partial charge in [0.25, 0.3) is 0 Å². The minimum absolute atomic E-state index is 0.0906. The summed E-state index contributed by atoms with van der Waals surface area (Å²) in [5, 5.41) is 12.0. The average Bonchev–Trinajstić information content (AvgIpc) is 2.37. The van der Waals surface area contributed by atoms with Gasteiger partial charge in [0.15, 0.2) is 0 Å². The van der Waals surface area contributed by atoms with Crippen LogP contribution in [0.1, 0.15) is 20.3 Å². The summed E-state index contributed by atoms with van der Waals surface area (Å²) in [5.74, 6) is 0. The molecule has 0 amide bonds. The normalized spacial score (nSPS) is 13.3. The standard InChI is InChI=1S/C11H19N3O3S/c1-3-9(8-15)14-18(16,17)11-5-10(13-4-2)6-12-7-11/h5-7,9,13-15H,3-4,8H2,1-2H3. The lowest BCUT2D eigenvalue weighted by atomic mass is 10.3. The van der Waals surface area contributed by atoms with Crippen LogP contribution in [-0.2, 0) is 10.0 Å². The van der Waals surface area contributed by atoms with Crippen LogP contribution >= 0.6 is 0 Å². The fourth-order valence-electron chi connectivity index (χ4n) is 1.40. The van der Waals surface area contributed by atoms with Crippen molar-refractivity contribution in [2.75, 3.05) is 18.5 Å². The first-order valence-electron chi connectivity index (χ1n) is 5.85. The number of pyridine rings is 1. The van der Waals surface area contributed by atoms with E-state index < -0.39 is 16.1 Å². The predicted molar refractivity (Wildman–Crippen MR) is 69.9 cm³/mol. The highest BCUT2D eigenvalue weighted by molar-refractivity contribution is 7.89. The number of nitrogens with zero attached hydrogens (tertiary/aromatic N) is 1. The highest BCUT2D eigenvalue weighted by Gasteiger charge is 2.19. The van der Waals surface area contributed by atoms with E-state index in [0.29, 0.717) is 18.7 Å². The van der Waals surface area contributed by atoms with Crippen LogP contribution in [0.25, 0.3) is 0 Å². The van der Waals surface area contributed by atoms with Crippen molar-refractivity contribution in [3.05, 3.63) is 18.5 Å². The highest BCUT2D eigenvalue weighted by atomic mass is 32.2. The minimum Gasteiger partial charge on any atom is -0.395 e. The third-order valence-corrected chi connectivity index (χ3v) is 3.93. The van der Waals surface area contributed by atoms with E-state index >= 15 is 0 Å². The van der Waals surface area contributed by atoms with Crippen LogP contribution in [0.2, 0.25) is 0 Å². The summed E-state index contributed by atoms with van der Waals surface area (Å²) in [7, 11) is -3.64. The lowest BCUT2D eigenvalue weighted by molar-refractivity contribution is 0.254. The molecule has 1 heterocycles. The van der Waals surface area contributed by atoms with Crippen LogP contribution in [-0.4, -0.2) is 37.7 Å². The number of aliphatic hydroxyl groups excluding tert-OH is 1. The molecule has 6 nitrogen and oxygen atoms in total. The maximum atomic E-state index is 12.0. The van der Waals surface area contributed by atoms with Gasteiger partial charge in [-0.05, 0) is 19.4 Å². The van der Waals surface area contributed by atoms with Crippen molar-refractivity contribution in [1.29, 1.82) is 0 Å². The molecule has 0 aromatic carbocycles. The first kappa shape index (κ1) is 14.9. The Morgan fingerprint density at radius 3 is 2.67 bits per heavy atom. The number of aliphatic hydroxyl groups is 1. The first-order valence-corrected chi connectivity index (χ1v) is 7.34. The largest absolute Gasteiger partial charge is 0.395 e. The molecule has 0 aliphatic rings. The minimum atomic E-state index is -3.64. The molecule has 0 saturated carbocycles. The molecule has 1 aromatic heterocycles. The molecular weight excluding hydrogens is 254 g/mol. The second kappa shape index (κ2) is 6.67. The van der Waals surface area contributed by atoms with E-state index in [0.717, 1.165) is 0 Å². The maximum Gasteiger partial charge on any atom is 0.242 e. The van der Waals surface area contributed by atoms with E-state index in [1.54, 1.807) is 13.1 Å². The number of hydrogen-bond acceptors (Lipinski definition) is 5. The van der Waals surface area contributed by atoms with Crippen LogP contribution in [0.15, 0.2) is 23.4 Å². The van der Waals surface area contributed by atoms with E-state index in [1.807, 2.05) is 6.92 Å². The number of sulfonamides is 1. The molecule has 3 N–H and O–H groups in total. The quantitative estimate of drug-likeness (QED) is 0.675. The van der Waals surface area contributed by atoms with Crippen molar-refractivity contribution in [3.8, 4) is 0 Å². The van der Waals surface area contributed by atoms with Crippen molar-refractivity contribution < 1.29 is 13.5 Å². The summed E-state index contributed by atoms with van der Waals surface area (Å²) >= 11 is 0. The highest BCUT2D eigenvalue weighted by Crippen LogP contribution is 2.14. The summed E-state index contributed by atoms with van der Waals surface area (Å²) in [6.07, 6.45) is 3.37. The molecule has 1 atom stereocenters. The Morgan fingerprint density at radius 1 is 1.39 bits per heavy atom. The fraction of sp³-hybridized carbons (Fsp3) is 0.545. The van der Waals surface area contributed by atoms with E-state index in [2.05, 4.69) is 15.0 Å². The molecule has 0 aliphatic heterocycles. The molecule has 18 heavy (non-hydrogen) atoms. The number of hydrogen-bond donors (Lipinski definition) is 3. The third kappa shape index (κ3) is 3.94. The molecular formula is C11H19N3O3S. The van der Waals surface area contributed by atoms with Crippen molar-refractivity contribution in [1.82, 2.24) is 9.71 Å². The molecule has 0 radical (unpaired) electrons. The van der Waals surface area contributed by atoms with Crippen LogP contribution < -0.4 is 10.0 Å². The van der Waals surface area contributed by atoms with Gasteiger partial charge in [0.2, 0.25) is 10.0 Å². The summed E-state index contributed by atoms with van der Waals surface area (Å²) in [5.41, 5.74) is 0.650. The van der Waals surface area contributed by atoms with E-state index in [1.165, 1.54) is 12.3 Å². The zero-order valence-corrected chi connectivity index (χ0v) is 11.4. The monoisotopic (exact) mass is 273 g/mol. The topological polar surface area (TPSA) is 91.3 Å². The average molecular weight is 273 g/mol. The third-order valence-electron chi connectivity index (χ3n) is 2.44. The predicted octanol–water partition coefficient (Wildman–Crippen LogP) is 0.563. The number of anilines is 1. The van der Waals surface area contributed by atoms with Crippen LogP contribution in [0.5, 0.6) is 0 Å². The SMILES string of the molecule is CCNc1cncc(S(=O)(=O)NC(CC)CO)c1. The van der Waals surface area contributed by atoms with Crippen molar-refractivity contribution in [2.24, 2.45) is 0 Å². The molecule has 0 saturated heterocycles. The van der Waals surface area contributed by atoms with Gasteiger partial charge in [-0.2, -0.15) is 0 Å². The molecule has 0 fully saturated rings. The van der Waals surface area contributed by atoms with Gasteiger partial charge in [0.05, 0.1) is 18.5 Å². The Morgan fingerprint density at radius 2 is 2.11 bits per heavy atom. The van der Waals surface area contributed by atoms with Crippen LogP contribution in [0, 0.1) is 0 Å². The van der Waals surface area contributed by atoms with Gasteiger partial charge in [-0.3, -0.25) is 4.98 Å². The van der Waals surface area contributed by atoms with Crippen LogP contribution in [0.4, 0.5) is 5.69 Å². The molecule has 7 heteroatoms. The van der Waals surface area contributed by atoms with Gasteiger partial charge in [0, 0.05) is 18.8 Å². The van der Waals surface area contributed by atoms with E-state index in [9.17, 15) is 8.42 Å². The second-order valence-corrected chi connectivity index (χ2v) is 5.56. The van der Waals surface area contributed by atoms with Gasteiger partial charge in [-0.25, -0.2) is 13.1 Å². The summed E-state index contributed by atoms with van der Waals surface area (Å²) in [4.78, 5) is 3.97. The van der Waals surface area contributed by atoms with Gasteiger partial charge >= 0.3 is 0 Å². The van der Waals surface area contributed by atoms with Crippen LogP contribution in [0.3, 0.4) is 0 Å². The Hall–Kier alpha value is -1.18. The molecule has 102 valence electrons. The van der Waals surface area contributed by atoms with Crippen molar-refractivity contribution in [3.63, 3.8) is 0 Å². The van der Waals surface area contributed by atoms with E-state index in [-0.39, 0.29) is 11.5 Å². The summed E-state index contributed by atoms with van der Waals surface area (Å²) < 4.78 is 26.5. The zero-order chi connectivity index (χ0) is 13.6. The molecule has 1 unspecified atom stereocenters. The first-order chi connectivity index (χ1) is 8.53. The van der Waals surface area contributed by atoms with Gasteiger partial charge in [-0.15, -0.1) is 0 Å². The fourth-order valence-corrected chi connectivity index (χ4v) is 2.70. The van der Waals surface area contributed by atoms with Crippen molar-refractivity contribution >= 4 is 15.7 Å².